The van der Waals surface area contributed by atoms with E-state index in [1.54, 1.807) is 4.57 Å². The van der Waals surface area contributed by atoms with Crippen molar-refractivity contribution >= 4 is 22.3 Å². The summed E-state index contributed by atoms with van der Waals surface area (Å²) in [6, 6.07) is 24.7. The molecule has 2 heterocycles. The summed E-state index contributed by atoms with van der Waals surface area (Å²) >= 11 is 0. The predicted octanol–water partition coefficient (Wildman–Crippen LogP) is 4.80. The van der Waals surface area contributed by atoms with Crippen molar-refractivity contribution in [2.75, 3.05) is 5.43 Å². The Morgan fingerprint density at radius 3 is 2.47 bits per heavy atom. The van der Waals surface area contributed by atoms with Crippen molar-refractivity contribution in [1.82, 2.24) is 9.55 Å². The van der Waals surface area contributed by atoms with E-state index in [4.69, 9.17) is 9.72 Å². The van der Waals surface area contributed by atoms with Gasteiger partial charge in [-0.05, 0) is 61.4 Å². The van der Waals surface area contributed by atoms with Crippen LogP contribution in [0.4, 0.5) is 5.69 Å². The van der Waals surface area contributed by atoms with E-state index < -0.39 is 0 Å². The molecule has 0 atom stereocenters. The van der Waals surface area contributed by atoms with E-state index in [0.29, 0.717) is 23.3 Å². The third-order valence-electron chi connectivity index (χ3n) is 5.07. The quantitative estimate of drug-likeness (QED) is 0.503. The monoisotopic (exact) mass is 396 g/mol. The number of para-hydroxylation sites is 2. The number of hydrogen-bond donors (Lipinski definition) is 1. The van der Waals surface area contributed by atoms with Crippen LogP contribution in [0.1, 0.15) is 18.7 Å². The van der Waals surface area contributed by atoms with Crippen LogP contribution in [0, 0.1) is 0 Å². The van der Waals surface area contributed by atoms with Gasteiger partial charge < -0.3 is 4.74 Å². The normalized spacial score (nSPS) is 14.5. The van der Waals surface area contributed by atoms with Crippen LogP contribution in [-0.2, 0) is 6.54 Å². The summed E-state index contributed by atoms with van der Waals surface area (Å²) in [4.78, 5) is 17.5. The minimum absolute atomic E-state index is 0.00888. The molecule has 0 saturated carbocycles. The number of aromatic nitrogens is 2. The van der Waals surface area contributed by atoms with Crippen LogP contribution < -0.4 is 15.7 Å². The van der Waals surface area contributed by atoms with E-state index in [1.807, 2.05) is 78.9 Å². The van der Waals surface area contributed by atoms with Gasteiger partial charge in [0.1, 0.15) is 17.2 Å². The molecule has 6 nitrogen and oxygen atoms in total. The number of rotatable bonds is 4. The second kappa shape index (κ2) is 7.83. The van der Waals surface area contributed by atoms with Gasteiger partial charge in [0.15, 0.2) is 5.82 Å². The molecule has 1 aromatic heterocycles. The third-order valence-corrected chi connectivity index (χ3v) is 5.07. The van der Waals surface area contributed by atoms with Crippen LogP contribution in [0.15, 0.2) is 88.8 Å². The standard InChI is InChI=1S/C24H20N4O2/c29-24-20-9-4-5-10-21(20)25-23-22(11-6-16-28(23)24)27-26-17-12-14-19(15-13-17)30-18-7-2-1-3-8-18/h1-5,7-10,12-15,26H,6,11,16H2/b27-22+. The van der Waals surface area contributed by atoms with Gasteiger partial charge in [-0.1, -0.05) is 30.3 Å². The van der Waals surface area contributed by atoms with Crippen LogP contribution in [0.25, 0.3) is 10.9 Å². The van der Waals surface area contributed by atoms with Gasteiger partial charge in [-0.2, -0.15) is 5.10 Å². The zero-order chi connectivity index (χ0) is 20.3. The Labute approximate surface area is 173 Å². The van der Waals surface area contributed by atoms with Gasteiger partial charge in [0.25, 0.3) is 5.56 Å². The van der Waals surface area contributed by atoms with Crippen LogP contribution in [-0.4, -0.2) is 15.3 Å². The molecule has 5 rings (SSSR count). The summed E-state index contributed by atoms with van der Waals surface area (Å²) in [5.41, 5.74) is 5.40. The Morgan fingerprint density at radius 1 is 0.900 bits per heavy atom. The molecule has 0 aliphatic carbocycles. The molecule has 0 radical (unpaired) electrons. The highest BCUT2D eigenvalue weighted by Gasteiger charge is 2.20. The van der Waals surface area contributed by atoms with E-state index in [9.17, 15) is 4.79 Å². The number of nitrogens with one attached hydrogen (secondary N) is 1. The highest BCUT2D eigenvalue weighted by Crippen LogP contribution is 2.23. The molecule has 1 aliphatic heterocycles. The zero-order valence-electron chi connectivity index (χ0n) is 16.3. The van der Waals surface area contributed by atoms with E-state index in [0.717, 1.165) is 35.7 Å². The van der Waals surface area contributed by atoms with Gasteiger partial charge in [0.05, 0.1) is 16.6 Å². The molecule has 1 aliphatic rings. The van der Waals surface area contributed by atoms with Gasteiger partial charge in [-0.15, -0.1) is 0 Å². The van der Waals surface area contributed by atoms with E-state index in [2.05, 4.69) is 10.5 Å². The summed E-state index contributed by atoms with van der Waals surface area (Å²) in [6.07, 6.45) is 1.63. The van der Waals surface area contributed by atoms with E-state index in [1.165, 1.54) is 0 Å². The summed E-state index contributed by atoms with van der Waals surface area (Å²) in [5.74, 6) is 2.18. The average Bonchev–Trinajstić information content (AvgIpc) is 2.80. The second-order valence-corrected chi connectivity index (χ2v) is 7.12. The molecule has 0 bridgehead atoms. The van der Waals surface area contributed by atoms with Gasteiger partial charge in [-0.25, -0.2) is 4.98 Å². The van der Waals surface area contributed by atoms with Gasteiger partial charge >= 0.3 is 0 Å². The number of fused-ring (bicyclic) bond motifs is 2. The Hall–Kier alpha value is -3.93. The van der Waals surface area contributed by atoms with Crippen LogP contribution in [0.3, 0.4) is 0 Å². The van der Waals surface area contributed by atoms with Crippen LogP contribution >= 0.6 is 0 Å². The number of nitrogens with zero attached hydrogens (tertiary/aromatic N) is 3. The fourth-order valence-corrected chi connectivity index (χ4v) is 3.57. The zero-order valence-corrected chi connectivity index (χ0v) is 16.3. The first-order chi connectivity index (χ1) is 14.8. The summed E-state index contributed by atoms with van der Waals surface area (Å²) in [6.45, 7) is 0.663. The van der Waals surface area contributed by atoms with Crippen molar-refractivity contribution in [3.8, 4) is 11.5 Å². The first kappa shape index (κ1) is 18.1. The highest BCUT2D eigenvalue weighted by molar-refractivity contribution is 5.99. The molecule has 0 amide bonds. The lowest BCUT2D eigenvalue weighted by atomic mass is 10.1. The number of anilines is 1. The van der Waals surface area contributed by atoms with Crippen molar-refractivity contribution < 1.29 is 4.74 Å². The minimum Gasteiger partial charge on any atom is -0.457 e. The largest absolute Gasteiger partial charge is 0.457 e. The molecule has 0 saturated heterocycles. The van der Waals surface area contributed by atoms with Gasteiger partial charge in [0.2, 0.25) is 0 Å². The van der Waals surface area contributed by atoms with Crippen LogP contribution in [0.5, 0.6) is 11.5 Å². The molecule has 148 valence electrons. The Morgan fingerprint density at radius 2 is 1.63 bits per heavy atom. The number of ether oxygens (including phenoxy) is 1. The molecular formula is C24H20N4O2. The third kappa shape index (κ3) is 3.55. The topological polar surface area (TPSA) is 68.5 Å². The van der Waals surface area contributed by atoms with Crippen molar-refractivity contribution in [2.45, 2.75) is 19.4 Å². The maximum Gasteiger partial charge on any atom is 0.261 e. The maximum absolute atomic E-state index is 12.8. The number of hydrogen-bond acceptors (Lipinski definition) is 5. The fourth-order valence-electron chi connectivity index (χ4n) is 3.57. The van der Waals surface area contributed by atoms with Gasteiger partial charge in [0, 0.05) is 6.54 Å². The average molecular weight is 396 g/mol. The van der Waals surface area contributed by atoms with Crippen molar-refractivity contribution in [1.29, 1.82) is 0 Å². The van der Waals surface area contributed by atoms with Crippen LogP contribution in [0.2, 0.25) is 0 Å². The lowest BCUT2D eigenvalue weighted by Crippen LogP contribution is -2.32. The lowest BCUT2D eigenvalue weighted by molar-refractivity contribution is 0.483. The predicted molar refractivity (Wildman–Crippen MR) is 118 cm³/mol. The summed E-state index contributed by atoms with van der Waals surface area (Å²) in [7, 11) is 0. The Balaban J connectivity index is 1.38. The highest BCUT2D eigenvalue weighted by atomic mass is 16.5. The van der Waals surface area contributed by atoms with Crippen molar-refractivity contribution in [3.05, 3.63) is 95.0 Å². The smallest absolute Gasteiger partial charge is 0.261 e. The molecule has 4 aromatic rings. The summed E-state index contributed by atoms with van der Waals surface area (Å²) < 4.78 is 7.54. The molecule has 0 spiro atoms. The second-order valence-electron chi connectivity index (χ2n) is 7.12. The molecule has 1 N–H and O–H groups in total. The number of hydrazone groups is 1. The summed E-state index contributed by atoms with van der Waals surface area (Å²) in [5, 5.41) is 5.20. The maximum atomic E-state index is 12.8. The SMILES string of the molecule is O=c1c2ccccc2nc2n1CCC/C2=N\Nc1ccc(Oc2ccccc2)cc1. The molecule has 6 heteroatoms. The molecular weight excluding hydrogens is 376 g/mol. The first-order valence-electron chi connectivity index (χ1n) is 9.93. The van der Waals surface area contributed by atoms with Crippen molar-refractivity contribution in [2.24, 2.45) is 5.10 Å². The molecule has 30 heavy (non-hydrogen) atoms. The molecule has 0 unspecified atom stereocenters. The van der Waals surface area contributed by atoms with Gasteiger partial charge in [-0.3, -0.25) is 14.8 Å². The Bertz CT molecular complexity index is 1280. The molecule has 0 fully saturated rings. The first-order valence-corrected chi connectivity index (χ1v) is 9.93. The van der Waals surface area contributed by atoms with Crippen molar-refractivity contribution in [3.63, 3.8) is 0 Å². The molecule has 3 aromatic carbocycles. The van der Waals surface area contributed by atoms with E-state index >= 15 is 0 Å². The Kier molecular flexibility index (Phi) is 4.73. The fraction of sp³-hybridized carbons (Fsp3) is 0.125. The number of benzene rings is 3. The van der Waals surface area contributed by atoms with E-state index in [-0.39, 0.29) is 5.56 Å². The lowest BCUT2D eigenvalue weighted by Gasteiger charge is -2.19. The minimum atomic E-state index is -0.00888.